The first-order valence-electron chi connectivity index (χ1n) is 12.2. The highest BCUT2D eigenvalue weighted by Gasteiger charge is 2.36. The lowest BCUT2D eigenvalue weighted by atomic mass is 9.62. The minimum atomic E-state index is 0.738. The van der Waals surface area contributed by atoms with E-state index in [0.717, 1.165) is 23.2 Å². The molecular formula is C25H48. The molecular weight excluding hydrogens is 300 g/mol. The predicted octanol–water partition coefficient (Wildman–Crippen LogP) is 8.93. The zero-order valence-corrected chi connectivity index (χ0v) is 18.0. The summed E-state index contributed by atoms with van der Waals surface area (Å²) in [6, 6.07) is 0. The summed E-state index contributed by atoms with van der Waals surface area (Å²) in [5.41, 5.74) is 0.738. The highest BCUT2D eigenvalue weighted by molar-refractivity contribution is 4.88. The monoisotopic (exact) mass is 348 g/mol. The summed E-state index contributed by atoms with van der Waals surface area (Å²) in [5.74, 6) is 3.27. The Balaban J connectivity index is 1.63. The van der Waals surface area contributed by atoms with Crippen LogP contribution in [0.5, 0.6) is 0 Å². The molecule has 2 aliphatic carbocycles. The minimum absolute atomic E-state index is 0.738. The lowest BCUT2D eigenvalue weighted by Crippen LogP contribution is -2.31. The van der Waals surface area contributed by atoms with Gasteiger partial charge in [-0.25, -0.2) is 0 Å². The molecule has 0 unspecified atom stereocenters. The highest BCUT2D eigenvalue weighted by atomic mass is 14.4. The van der Waals surface area contributed by atoms with Crippen molar-refractivity contribution in [2.75, 3.05) is 0 Å². The number of hydrogen-bond donors (Lipinski definition) is 0. The van der Waals surface area contributed by atoms with Crippen LogP contribution in [-0.4, -0.2) is 0 Å². The predicted molar refractivity (Wildman–Crippen MR) is 113 cm³/mol. The Morgan fingerprint density at radius 2 is 1.24 bits per heavy atom. The Bertz CT molecular complexity index is 315. The van der Waals surface area contributed by atoms with Crippen molar-refractivity contribution in [1.29, 1.82) is 0 Å². The van der Waals surface area contributed by atoms with Gasteiger partial charge < -0.3 is 0 Å². The van der Waals surface area contributed by atoms with Gasteiger partial charge in [-0.1, -0.05) is 91.4 Å². The third-order valence-corrected chi connectivity index (χ3v) is 8.18. The average molecular weight is 349 g/mol. The molecule has 0 spiro atoms. The van der Waals surface area contributed by atoms with E-state index in [-0.39, 0.29) is 0 Å². The van der Waals surface area contributed by atoms with Crippen LogP contribution in [0.4, 0.5) is 0 Å². The average Bonchev–Trinajstić information content (AvgIpc) is 2.67. The van der Waals surface area contributed by atoms with Crippen molar-refractivity contribution in [3.8, 4) is 0 Å². The van der Waals surface area contributed by atoms with Crippen LogP contribution in [0, 0.1) is 23.2 Å². The first-order valence-corrected chi connectivity index (χ1v) is 12.2. The topological polar surface area (TPSA) is 0 Å². The van der Waals surface area contributed by atoms with E-state index in [1.165, 1.54) is 64.2 Å². The maximum absolute atomic E-state index is 2.46. The summed E-state index contributed by atoms with van der Waals surface area (Å²) in [6.45, 7) is 7.14. The van der Waals surface area contributed by atoms with E-state index < -0.39 is 0 Å². The molecule has 0 heterocycles. The SMILES string of the molecule is CCCCCCCC1CCC(C2CCC(CC)(CCCC)CC2)CC1. The highest BCUT2D eigenvalue weighted by Crippen LogP contribution is 2.49. The van der Waals surface area contributed by atoms with E-state index >= 15 is 0 Å². The fraction of sp³-hybridized carbons (Fsp3) is 1.00. The van der Waals surface area contributed by atoms with Crippen molar-refractivity contribution in [2.45, 2.75) is 136 Å². The molecule has 148 valence electrons. The van der Waals surface area contributed by atoms with Gasteiger partial charge in [-0.2, -0.15) is 0 Å². The standard InChI is InChI=1S/C25H48/c1-4-7-9-10-11-12-22-13-15-23(16-14-22)24-17-20-25(6-3,21-18-24)19-8-5-2/h22-24H,4-21H2,1-3H3. The first kappa shape index (κ1) is 21.3. The summed E-state index contributed by atoms with van der Waals surface area (Å²) < 4.78 is 0. The van der Waals surface area contributed by atoms with Gasteiger partial charge in [-0.05, 0) is 68.1 Å². The molecule has 0 nitrogen and oxygen atoms in total. The Hall–Kier alpha value is 0. The van der Waals surface area contributed by atoms with Crippen LogP contribution < -0.4 is 0 Å². The molecule has 0 radical (unpaired) electrons. The summed E-state index contributed by atoms with van der Waals surface area (Å²) >= 11 is 0. The second kappa shape index (κ2) is 11.7. The molecule has 0 bridgehead atoms. The van der Waals surface area contributed by atoms with Gasteiger partial charge in [0.15, 0.2) is 0 Å². The molecule has 0 amide bonds. The molecule has 0 N–H and O–H groups in total. The van der Waals surface area contributed by atoms with E-state index in [1.54, 1.807) is 51.4 Å². The van der Waals surface area contributed by atoms with E-state index in [9.17, 15) is 0 Å². The largest absolute Gasteiger partial charge is 0.0654 e. The van der Waals surface area contributed by atoms with Crippen LogP contribution in [0.2, 0.25) is 0 Å². The molecule has 0 aromatic carbocycles. The summed E-state index contributed by atoms with van der Waals surface area (Å²) in [4.78, 5) is 0. The van der Waals surface area contributed by atoms with Crippen molar-refractivity contribution in [3.63, 3.8) is 0 Å². The molecule has 0 heteroatoms. The minimum Gasteiger partial charge on any atom is -0.0654 e. The number of unbranched alkanes of at least 4 members (excludes halogenated alkanes) is 5. The molecule has 0 aromatic rings. The number of hydrogen-bond acceptors (Lipinski definition) is 0. The van der Waals surface area contributed by atoms with Crippen LogP contribution in [0.25, 0.3) is 0 Å². The lowest BCUT2D eigenvalue weighted by Gasteiger charge is -2.44. The third-order valence-electron chi connectivity index (χ3n) is 8.18. The Morgan fingerprint density at radius 3 is 1.84 bits per heavy atom. The van der Waals surface area contributed by atoms with Crippen molar-refractivity contribution in [3.05, 3.63) is 0 Å². The van der Waals surface area contributed by atoms with E-state index in [1.807, 2.05) is 0 Å². The molecule has 2 rings (SSSR count). The second-order valence-electron chi connectivity index (χ2n) is 9.78. The van der Waals surface area contributed by atoms with Gasteiger partial charge in [0.2, 0.25) is 0 Å². The smallest absolute Gasteiger partial charge is 0.0300 e. The van der Waals surface area contributed by atoms with Crippen LogP contribution in [0.15, 0.2) is 0 Å². The van der Waals surface area contributed by atoms with Crippen LogP contribution in [0.1, 0.15) is 136 Å². The van der Waals surface area contributed by atoms with Crippen LogP contribution >= 0.6 is 0 Å². The van der Waals surface area contributed by atoms with E-state index in [0.29, 0.717) is 0 Å². The Kier molecular flexibility index (Phi) is 9.93. The Labute approximate surface area is 159 Å². The summed E-state index contributed by atoms with van der Waals surface area (Å²) in [7, 11) is 0. The molecule has 0 atom stereocenters. The first-order chi connectivity index (χ1) is 12.2. The quantitative estimate of drug-likeness (QED) is 0.327. The van der Waals surface area contributed by atoms with Crippen molar-refractivity contribution < 1.29 is 0 Å². The fourth-order valence-electron chi connectivity index (χ4n) is 6.04. The van der Waals surface area contributed by atoms with Gasteiger partial charge >= 0.3 is 0 Å². The normalized spacial score (nSPS) is 33.5. The van der Waals surface area contributed by atoms with Gasteiger partial charge in [0.25, 0.3) is 0 Å². The van der Waals surface area contributed by atoms with Gasteiger partial charge in [0.1, 0.15) is 0 Å². The van der Waals surface area contributed by atoms with Gasteiger partial charge in [-0.15, -0.1) is 0 Å². The lowest BCUT2D eigenvalue weighted by molar-refractivity contribution is 0.0801. The maximum Gasteiger partial charge on any atom is -0.0300 e. The molecule has 2 fully saturated rings. The molecule has 2 saturated carbocycles. The van der Waals surface area contributed by atoms with E-state index in [4.69, 9.17) is 0 Å². The van der Waals surface area contributed by atoms with Crippen LogP contribution in [-0.2, 0) is 0 Å². The van der Waals surface area contributed by atoms with Gasteiger partial charge in [0.05, 0.1) is 0 Å². The number of rotatable bonds is 11. The fourth-order valence-corrected chi connectivity index (χ4v) is 6.04. The molecule has 25 heavy (non-hydrogen) atoms. The summed E-state index contributed by atoms with van der Waals surface area (Å²) in [5, 5.41) is 0. The molecule has 0 saturated heterocycles. The second-order valence-corrected chi connectivity index (χ2v) is 9.78. The van der Waals surface area contributed by atoms with Gasteiger partial charge in [-0.3, -0.25) is 0 Å². The third kappa shape index (κ3) is 6.91. The Morgan fingerprint density at radius 1 is 0.640 bits per heavy atom. The van der Waals surface area contributed by atoms with Gasteiger partial charge in [0, 0.05) is 0 Å². The molecule has 0 aliphatic heterocycles. The zero-order chi connectivity index (χ0) is 18.0. The van der Waals surface area contributed by atoms with Crippen molar-refractivity contribution in [1.82, 2.24) is 0 Å². The van der Waals surface area contributed by atoms with Crippen molar-refractivity contribution in [2.24, 2.45) is 23.2 Å². The maximum atomic E-state index is 2.46. The summed E-state index contributed by atoms with van der Waals surface area (Å²) in [6.07, 6.45) is 27.1. The van der Waals surface area contributed by atoms with E-state index in [2.05, 4.69) is 20.8 Å². The van der Waals surface area contributed by atoms with Crippen molar-refractivity contribution >= 4 is 0 Å². The molecule has 2 aliphatic rings. The van der Waals surface area contributed by atoms with Crippen LogP contribution in [0.3, 0.4) is 0 Å². The zero-order valence-electron chi connectivity index (χ0n) is 18.0. The molecule has 0 aromatic heterocycles.